The molecule has 2 aromatic rings. The van der Waals surface area contributed by atoms with Gasteiger partial charge in [0.1, 0.15) is 0 Å². The quantitative estimate of drug-likeness (QED) is 0.797. The van der Waals surface area contributed by atoms with Gasteiger partial charge < -0.3 is 9.47 Å². The largest absolute Gasteiger partial charge is 0.493 e. The fourth-order valence-electron chi connectivity index (χ4n) is 2.93. The van der Waals surface area contributed by atoms with Crippen LogP contribution in [0, 0.1) is 27.7 Å². The number of hydrogen-bond donors (Lipinski definition) is 1. The zero-order chi connectivity index (χ0) is 19.5. The highest BCUT2D eigenvalue weighted by Gasteiger charge is 2.22. The lowest BCUT2D eigenvalue weighted by molar-refractivity contribution is 0.310. The summed E-state index contributed by atoms with van der Waals surface area (Å²) in [6.45, 7) is 10.2. The number of nitrogens with one attached hydrogen (secondary N) is 1. The van der Waals surface area contributed by atoms with E-state index in [0.717, 1.165) is 27.8 Å². The predicted molar refractivity (Wildman–Crippen MR) is 104 cm³/mol. The number of aryl methyl sites for hydroxylation is 2. The van der Waals surface area contributed by atoms with E-state index in [9.17, 15) is 8.42 Å². The lowest BCUT2D eigenvalue weighted by atomic mass is 10.0. The Hall–Kier alpha value is -2.05. The molecule has 2 rings (SSSR count). The molecular formula is C20H27NO4S. The van der Waals surface area contributed by atoms with Crippen LogP contribution in [-0.2, 0) is 16.6 Å². The third kappa shape index (κ3) is 4.19. The van der Waals surface area contributed by atoms with E-state index in [2.05, 4.69) is 4.72 Å². The molecular weight excluding hydrogens is 350 g/mol. The molecule has 6 heteroatoms. The van der Waals surface area contributed by atoms with Crippen LogP contribution in [0.5, 0.6) is 11.5 Å². The van der Waals surface area contributed by atoms with Crippen LogP contribution in [-0.4, -0.2) is 22.1 Å². The number of ether oxygens (including phenoxy) is 2. The van der Waals surface area contributed by atoms with Crippen LogP contribution < -0.4 is 14.2 Å². The minimum absolute atomic E-state index is 0.178. The topological polar surface area (TPSA) is 64.6 Å². The summed E-state index contributed by atoms with van der Waals surface area (Å²) in [5.74, 6) is 1.23. The summed E-state index contributed by atoms with van der Waals surface area (Å²) in [6.07, 6.45) is 0. The van der Waals surface area contributed by atoms with Gasteiger partial charge >= 0.3 is 0 Å². The third-order valence-corrected chi connectivity index (χ3v) is 6.23. The molecule has 0 aliphatic carbocycles. The van der Waals surface area contributed by atoms with E-state index in [4.69, 9.17) is 9.47 Å². The Morgan fingerprint density at radius 3 is 2.12 bits per heavy atom. The van der Waals surface area contributed by atoms with Crippen molar-refractivity contribution < 1.29 is 17.9 Å². The maximum Gasteiger partial charge on any atom is 0.241 e. The predicted octanol–water partition coefficient (Wildman–Crippen LogP) is 3.81. The van der Waals surface area contributed by atoms with E-state index in [-0.39, 0.29) is 6.54 Å². The van der Waals surface area contributed by atoms with Gasteiger partial charge in [-0.3, -0.25) is 0 Å². The summed E-state index contributed by atoms with van der Waals surface area (Å²) in [5.41, 5.74) is 4.30. The minimum atomic E-state index is -3.63. The Bertz CT molecular complexity index is 878. The summed E-state index contributed by atoms with van der Waals surface area (Å²) >= 11 is 0. The van der Waals surface area contributed by atoms with Crippen LogP contribution in [0.15, 0.2) is 29.2 Å². The third-order valence-electron chi connectivity index (χ3n) is 4.56. The molecule has 1 N–H and O–H groups in total. The van der Waals surface area contributed by atoms with Crippen LogP contribution in [0.2, 0.25) is 0 Å². The molecule has 26 heavy (non-hydrogen) atoms. The van der Waals surface area contributed by atoms with E-state index < -0.39 is 10.0 Å². The smallest absolute Gasteiger partial charge is 0.241 e. The SMILES string of the molecule is CCOc1ccc(CNS(=O)(=O)c2c(C)c(C)cc(C)c2C)cc1OC. The second-order valence-corrected chi connectivity index (χ2v) is 8.04. The van der Waals surface area contributed by atoms with Gasteiger partial charge in [0.2, 0.25) is 10.0 Å². The van der Waals surface area contributed by atoms with Crippen molar-refractivity contribution in [3.8, 4) is 11.5 Å². The van der Waals surface area contributed by atoms with Crippen LogP contribution in [0.25, 0.3) is 0 Å². The first-order valence-electron chi connectivity index (χ1n) is 8.58. The van der Waals surface area contributed by atoms with Crippen LogP contribution in [0.4, 0.5) is 0 Å². The molecule has 0 aliphatic rings. The average molecular weight is 378 g/mol. The number of rotatable bonds is 7. The zero-order valence-electron chi connectivity index (χ0n) is 16.3. The van der Waals surface area contributed by atoms with E-state index >= 15 is 0 Å². The van der Waals surface area contributed by atoms with Crippen molar-refractivity contribution in [1.82, 2.24) is 4.72 Å². The maximum atomic E-state index is 12.9. The van der Waals surface area contributed by atoms with Gasteiger partial charge in [-0.25, -0.2) is 13.1 Å². The highest BCUT2D eigenvalue weighted by Crippen LogP contribution is 2.29. The van der Waals surface area contributed by atoms with Crippen molar-refractivity contribution in [1.29, 1.82) is 0 Å². The molecule has 2 aromatic carbocycles. The monoisotopic (exact) mass is 377 g/mol. The fourth-order valence-corrected chi connectivity index (χ4v) is 4.56. The first kappa shape index (κ1) is 20.3. The highest BCUT2D eigenvalue weighted by molar-refractivity contribution is 7.89. The summed E-state index contributed by atoms with van der Waals surface area (Å²) in [6, 6.07) is 7.42. The van der Waals surface area contributed by atoms with E-state index in [1.165, 1.54) is 0 Å². The molecule has 0 aromatic heterocycles. The van der Waals surface area contributed by atoms with E-state index in [1.54, 1.807) is 19.2 Å². The normalized spacial score (nSPS) is 11.5. The van der Waals surface area contributed by atoms with Crippen molar-refractivity contribution in [3.05, 3.63) is 52.1 Å². The lowest BCUT2D eigenvalue weighted by Gasteiger charge is -2.16. The van der Waals surface area contributed by atoms with Crippen molar-refractivity contribution in [3.63, 3.8) is 0 Å². The minimum Gasteiger partial charge on any atom is -0.493 e. The number of benzene rings is 2. The van der Waals surface area contributed by atoms with Crippen LogP contribution in [0.3, 0.4) is 0 Å². The Balaban J connectivity index is 2.30. The Kier molecular flexibility index (Phi) is 6.31. The average Bonchev–Trinajstić information content (AvgIpc) is 2.59. The van der Waals surface area contributed by atoms with Gasteiger partial charge in [-0.05, 0) is 74.6 Å². The summed E-state index contributed by atoms with van der Waals surface area (Å²) in [4.78, 5) is 0.368. The van der Waals surface area contributed by atoms with Gasteiger partial charge in [0.25, 0.3) is 0 Å². The maximum absolute atomic E-state index is 12.9. The van der Waals surface area contributed by atoms with Crippen LogP contribution in [0.1, 0.15) is 34.7 Å². The van der Waals surface area contributed by atoms with Crippen molar-refractivity contribution in [2.24, 2.45) is 0 Å². The van der Waals surface area contributed by atoms with Gasteiger partial charge in [-0.2, -0.15) is 0 Å². The fraction of sp³-hybridized carbons (Fsp3) is 0.400. The molecule has 0 spiro atoms. The number of sulfonamides is 1. The standard InChI is InChI=1S/C20H27NO4S/c1-7-25-18-9-8-17(11-19(18)24-6)12-21-26(22,23)20-15(4)13(2)10-14(3)16(20)5/h8-11,21H,7,12H2,1-6H3. The summed E-state index contributed by atoms with van der Waals surface area (Å²) in [7, 11) is -2.06. The Morgan fingerprint density at radius 1 is 0.962 bits per heavy atom. The van der Waals surface area contributed by atoms with Gasteiger partial charge in [-0.1, -0.05) is 12.1 Å². The van der Waals surface area contributed by atoms with Gasteiger partial charge in [-0.15, -0.1) is 0 Å². The lowest BCUT2D eigenvalue weighted by Crippen LogP contribution is -2.25. The molecule has 0 fully saturated rings. The van der Waals surface area contributed by atoms with E-state index in [0.29, 0.717) is 23.0 Å². The van der Waals surface area contributed by atoms with E-state index in [1.807, 2.05) is 46.8 Å². The van der Waals surface area contributed by atoms with Gasteiger partial charge in [0.15, 0.2) is 11.5 Å². The van der Waals surface area contributed by atoms with Crippen molar-refractivity contribution in [2.45, 2.75) is 46.1 Å². The van der Waals surface area contributed by atoms with Crippen LogP contribution >= 0.6 is 0 Å². The Labute approximate surface area is 156 Å². The number of methoxy groups -OCH3 is 1. The summed E-state index contributed by atoms with van der Waals surface area (Å²) < 4.78 is 39.3. The van der Waals surface area contributed by atoms with Crippen molar-refractivity contribution >= 4 is 10.0 Å². The molecule has 0 aliphatic heterocycles. The molecule has 0 saturated carbocycles. The second kappa shape index (κ2) is 8.10. The first-order valence-corrected chi connectivity index (χ1v) is 10.1. The van der Waals surface area contributed by atoms with Gasteiger partial charge in [0, 0.05) is 6.54 Å². The second-order valence-electron chi connectivity index (χ2n) is 6.33. The molecule has 0 heterocycles. The molecule has 0 radical (unpaired) electrons. The number of hydrogen-bond acceptors (Lipinski definition) is 4. The van der Waals surface area contributed by atoms with Crippen molar-refractivity contribution in [2.75, 3.05) is 13.7 Å². The van der Waals surface area contributed by atoms with Gasteiger partial charge in [0.05, 0.1) is 18.6 Å². The zero-order valence-corrected chi connectivity index (χ0v) is 17.1. The molecule has 5 nitrogen and oxygen atoms in total. The molecule has 0 amide bonds. The first-order chi connectivity index (χ1) is 12.2. The molecule has 0 bridgehead atoms. The molecule has 0 saturated heterocycles. The highest BCUT2D eigenvalue weighted by atomic mass is 32.2. The molecule has 142 valence electrons. The summed E-state index contributed by atoms with van der Waals surface area (Å²) in [5, 5.41) is 0. The molecule has 0 atom stereocenters. The molecule has 0 unspecified atom stereocenters. The Morgan fingerprint density at radius 2 is 1.58 bits per heavy atom.